The molecule has 10 nitrogen and oxygen atoms in total. The molecule has 1 aliphatic rings. The highest BCUT2D eigenvalue weighted by molar-refractivity contribution is 6.32. The summed E-state index contributed by atoms with van der Waals surface area (Å²) in [6.07, 6.45) is 3.59. The van der Waals surface area contributed by atoms with Gasteiger partial charge in [0.15, 0.2) is 0 Å². The Kier molecular flexibility index (Phi) is 7.22. The van der Waals surface area contributed by atoms with E-state index in [1.165, 1.54) is 63.0 Å². The summed E-state index contributed by atoms with van der Waals surface area (Å²) in [6, 6.07) is 11.4. The minimum atomic E-state index is -1.25. The first kappa shape index (κ1) is 26.8. The van der Waals surface area contributed by atoms with Crippen LogP contribution in [0, 0.1) is 11.2 Å². The van der Waals surface area contributed by atoms with E-state index >= 15 is 0 Å². The van der Waals surface area contributed by atoms with Crippen molar-refractivity contribution in [3.05, 3.63) is 77.3 Å². The van der Waals surface area contributed by atoms with Crippen LogP contribution in [-0.2, 0) is 14.3 Å². The molecule has 1 aliphatic carbocycles. The number of nitrogens with one attached hydrogen (secondary N) is 2. The molecule has 2 aromatic heterocycles. The first-order valence-corrected chi connectivity index (χ1v) is 12.4. The van der Waals surface area contributed by atoms with Crippen LogP contribution in [0.5, 0.6) is 17.4 Å². The number of fused-ring (bicyclic) bond motifs is 1. The largest absolute Gasteiger partial charge is 0.496 e. The fourth-order valence-electron chi connectivity index (χ4n) is 4.07. The normalized spacial score (nSPS) is 13.3. The lowest BCUT2D eigenvalue weighted by Gasteiger charge is -2.16. The van der Waals surface area contributed by atoms with Gasteiger partial charge in [-0.1, -0.05) is 11.6 Å². The maximum Gasteiger partial charge on any atom is 0.341 e. The van der Waals surface area contributed by atoms with Crippen LogP contribution in [-0.4, -0.2) is 42.0 Å². The molecule has 2 amide bonds. The lowest BCUT2D eigenvalue weighted by Crippen LogP contribution is -2.35. The van der Waals surface area contributed by atoms with Crippen molar-refractivity contribution in [3.8, 4) is 17.4 Å². The zero-order valence-corrected chi connectivity index (χ0v) is 22.0. The molecule has 0 bridgehead atoms. The van der Waals surface area contributed by atoms with Gasteiger partial charge in [-0.05, 0) is 55.3 Å². The molecular weight excluding hydrogens is 543 g/mol. The van der Waals surface area contributed by atoms with Crippen molar-refractivity contribution in [1.82, 2.24) is 9.97 Å². The number of anilines is 2. The van der Waals surface area contributed by atoms with Crippen LogP contribution in [0.1, 0.15) is 23.2 Å². The van der Waals surface area contributed by atoms with Gasteiger partial charge >= 0.3 is 5.97 Å². The summed E-state index contributed by atoms with van der Waals surface area (Å²) >= 11 is 6.42. The summed E-state index contributed by atoms with van der Waals surface area (Å²) in [7, 11) is 2.70. The number of amides is 2. The Morgan fingerprint density at radius 1 is 0.925 bits per heavy atom. The highest BCUT2D eigenvalue weighted by atomic mass is 35.5. The lowest BCUT2D eigenvalue weighted by atomic mass is 10.0. The van der Waals surface area contributed by atoms with Crippen molar-refractivity contribution in [2.24, 2.45) is 5.41 Å². The number of halogens is 2. The Morgan fingerprint density at radius 3 is 2.25 bits per heavy atom. The predicted octanol–water partition coefficient (Wildman–Crippen LogP) is 5.37. The van der Waals surface area contributed by atoms with E-state index < -0.39 is 29.0 Å². The molecule has 2 N–H and O–H groups in total. The Hall–Kier alpha value is -4.77. The fraction of sp³-hybridized carbons (Fsp3) is 0.179. The molecule has 2 aromatic carbocycles. The van der Waals surface area contributed by atoms with E-state index in [2.05, 4.69) is 20.6 Å². The molecule has 12 heteroatoms. The third-order valence-electron chi connectivity index (χ3n) is 6.42. The quantitative estimate of drug-likeness (QED) is 0.216. The first-order chi connectivity index (χ1) is 19.2. The van der Waals surface area contributed by atoms with E-state index in [1.54, 1.807) is 12.1 Å². The molecule has 0 unspecified atom stereocenters. The van der Waals surface area contributed by atoms with Crippen LogP contribution < -0.4 is 20.1 Å². The Morgan fingerprint density at radius 2 is 1.62 bits per heavy atom. The van der Waals surface area contributed by atoms with E-state index in [0.717, 1.165) is 0 Å². The van der Waals surface area contributed by atoms with E-state index in [4.69, 9.17) is 25.8 Å². The highest BCUT2D eigenvalue weighted by Crippen LogP contribution is 2.47. The third kappa shape index (κ3) is 5.23. The topological polar surface area (TPSA) is 129 Å². The zero-order chi connectivity index (χ0) is 28.4. The SMILES string of the molecule is COC(=O)c1cc2c(Oc3ncc(NC(=O)C4(C(=O)Nc5ccc(F)cc5)CC4)cc3Cl)ccnc2cc1OC. The second-order valence-electron chi connectivity index (χ2n) is 8.98. The minimum absolute atomic E-state index is 0.0396. The van der Waals surface area contributed by atoms with Gasteiger partial charge in [0.25, 0.3) is 0 Å². The van der Waals surface area contributed by atoms with E-state index in [0.29, 0.717) is 40.9 Å². The molecule has 2 heterocycles. The van der Waals surface area contributed by atoms with Crippen LogP contribution in [0.15, 0.2) is 60.9 Å². The molecule has 0 radical (unpaired) electrons. The maximum atomic E-state index is 13.2. The van der Waals surface area contributed by atoms with Gasteiger partial charge in [0.2, 0.25) is 17.7 Å². The van der Waals surface area contributed by atoms with Crippen LogP contribution in [0.2, 0.25) is 5.02 Å². The summed E-state index contributed by atoms with van der Waals surface area (Å²) in [4.78, 5) is 46.5. The van der Waals surface area contributed by atoms with Gasteiger partial charge in [-0.25, -0.2) is 14.2 Å². The van der Waals surface area contributed by atoms with E-state index in [9.17, 15) is 18.8 Å². The number of hydrogen-bond donors (Lipinski definition) is 2. The molecule has 4 aromatic rings. The van der Waals surface area contributed by atoms with Crippen molar-refractivity contribution in [2.45, 2.75) is 12.8 Å². The number of esters is 1. The molecular formula is C28H22ClFN4O6. The number of pyridine rings is 2. The standard InChI is InChI=1S/C28H22ClFN4O6/c1-38-23-13-21-18(12-19(23)25(35)39-2)22(7-10-31-21)40-24-20(29)11-17(14-32-24)34-27(37)28(8-9-28)26(36)33-16-5-3-15(30)4-6-16/h3-7,10-14H,8-9H2,1-2H3,(H,33,36)(H,34,37). The fourth-order valence-corrected chi connectivity index (χ4v) is 4.27. The van der Waals surface area contributed by atoms with Gasteiger partial charge < -0.3 is 24.8 Å². The number of aromatic nitrogens is 2. The average molecular weight is 565 g/mol. The number of carbonyl (C=O) groups excluding carboxylic acids is 3. The van der Waals surface area contributed by atoms with Crippen molar-refractivity contribution in [1.29, 1.82) is 0 Å². The summed E-state index contributed by atoms with van der Waals surface area (Å²) in [6.45, 7) is 0. The summed E-state index contributed by atoms with van der Waals surface area (Å²) in [5.41, 5.74) is 0.0864. The van der Waals surface area contributed by atoms with Crippen molar-refractivity contribution in [3.63, 3.8) is 0 Å². The van der Waals surface area contributed by atoms with Gasteiger partial charge in [-0.3, -0.25) is 14.6 Å². The second kappa shape index (κ2) is 10.8. The predicted molar refractivity (Wildman–Crippen MR) is 144 cm³/mol. The number of hydrogen-bond acceptors (Lipinski definition) is 8. The van der Waals surface area contributed by atoms with Crippen LogP contribution in [0.4, 0.5) is 15.8 Å². The number of carbonyl (C=O) groups is 3. The molecule has 0 aliphatic heterocycles. The first-order valence-electron chi connectivity index (χ1n) is 12.0. The molecule has 204 valence electrons. The molecule has 5 rings (SSSR count). The van der Waals surface area contributed by atoms with Crippen molar-refractivity contribution < 1.29 is 33.0 Å². The van der Waals surface area contributed by atoms with Gasteiger partial charge in [0.05, 0.1) is 31.6 Å². The van der Waals surface area contributed by atoms with Gasteiger partial charge in [0.1, 0.15) is 33.3 Å². The van der Waals surface area contributed by atoms with Crippen molar-refractivity contribution >= 4 is 51.7 Å². The number of ether oxygens (including phenoxy) is 3. The second-order valence-corrected chi connectivity index (χ2v) is 9.39. The molecule has 0 atom stereocenters. The number of benzene rings is 2. The molecule has 40 heavy (non-hydrogen) atoms. The lowest BCUT2D eigenvalue weighted by molar-refractivity contribution is -0.131. The zero-order valence-electron chi connectivity index (χ0n) is 21.3. The van der Waals surface area contributed by atoms with E-state index in [-0.39, 0.29) is 22.2 Å². The minimum Gasteiger partial charge on any atom is -0.496 e. The van der Waals surface area contributed by atoms with Crippen LogP contribution in [0.25, 0.3) is 10.9 Å². The Labute approximate surface area is 232 Å². The summed E-state index contributed by atoms with van der Waals surface area (Å²) in [5.74, 6) is -1.37. The van der Waals surface area contributed by atoms with Gasteiger partial charge in [-0.15, -0.1) is 0 Å². The van der Waals surface area contributed by atoms with Crippen LogP contribution in [0.3, 0.4) is 0 Å². The summed E-state index contributed by atoms with van der Waals surface area (Å²) < 4.78 is 29.2. The Balaban J connectivity index is 1.33. The number of methoxy groups -OCH3 is 2. The third-order valence-corrected chi connectivity index (χ3v) is 6.69. The molecule has 1 fully saturated rings. The molecule has 0 spiro atoms. The number of nitrogens with zero attached hydrogens (tertiary/aromatic N) is 2. The monoisotopic (exact) mass is 564 g/mol. The molecule has 1 saturated carbocycles. The van der Waals surface area contributed by atoms with Crippen LogP contribution >= 0.6 is 11.6 Å². The highest BCUT2D eigenvalue weighted by Gasteiger charge is 2.56. The Bertz CT molecular complexity index is 1640. The van der Waals surface area contributed by atoms with E-state index in [1.807, 2.05) is 0 Å². The number of rotatable bonds is 8. The summed E-state index contributed by atoms with van der Waals surface area (Å²) in [5, 5.41) is 5.91. The van der Waals surface area contributed by atoms with Gasteiger partial charge in [0, 0.05) is 23.3 Å². The maximum absolute atomic E-state index is 13.2. The average Bonchev–Trinajstić information content (AvgIpc) is 3.77. The van der Waals surface area contributed by atoms with Crippen molar-refractivity contribution in [2.75, 3.05) is 24.9 Å². The molecule has 0 saturated heterocycles. The smallest absolute Gasteiger partial charge is 0.341 e. The van der Waals surface area contributed by atoms with Gasteiger partial charge in [-0.2, -0.15) is 0 Å².